The molecule has 1 fully saturated rings. The highest BCUT2D eigenvalue weighted by Gasteiger charge is 2.30. The summed E-state index contributed by atoms with van der Waals surface area (Å²) in [6.45, 7) is 10.8. The summed E-state index contributed by atoms with van der Waals surface area (Å²) in [5.41, 5.74) is -0.318. The molecule has 0 bridgehead atoms. The molecule has 0 amide bonds. The minimum atomic E-state index is -0.741. The van der Waals surface area contributed by atoms with Gasteiger partial charge in [0, 0.05) is 6.61 Å². The van der Waals surface area contributed by atoms with E-state index in [0.717, 1.165) is 0 Å². The maximum absolute atomic E-state index is 11.7. The van der Waals surface area contributed by atoms with Gasteiger partial charge in [-0.1, -0.05) is 13.8 Å². The van der Waals surface area contributed by atoms with Gasteiger partial charge in [-0.05, 0) is 47.6 Å². The van der Waals surface area contributed by atoms with E-state index < -0.39 is 23.9 Å². The smallest absolute Gasteiger partial charge is 0.326 e. The molecule has 0 aromatic carbocycles. The number of ether oxygens (including phenoxy) is 3. The van der Waals surface area contributed by atoms with Gasteiger partial charge in [0.05, 0.1) is 17.9 Å². The van der Waals surface area contributed by atoms with Crippen molar-refractivity contribution in [1.82, 2.24) is 5.32 Å². The Bertz CT molecular complexity index is 529. The molecule has 3 atom stereocenters. The number of hydrogen-bond acceptors (Lipinski definition) is 9. The SMILES string of the molecule is CC(C)(C)OC=O.CC(C)C(=O)O.CN[C@H]1COC(=O)C(CCO)CC(C)OC1=O. The number of rotatable bonds is 5. The lowest BCUT2D eigenvalue weighted by Crippen LogP contribution is -2.40. The summed E-state index contributed by atoms with van der Waals surface area (Å²) in [5.74, 6) is -2.19. The van der Waals surface area contributed by atoms with Crippen LogP contribution in [0.15, 0.2) is 0 Å². The van der Waals surface area contributed by atoms with E-state index in [1.807, 2.05) is 20.8 Å². The zero-order valence-electron chi connectivity index (χ0n) is 19.0. The number of cyclic esters (lactones) is 2. The quantitative estimate of drug-likeness (QED) is 0.326. The van der Waals surface area contributed by atoms with E-state index in [0.29, 0.717) is 19.3 Å². The highest BCUT2D eigenvalue weighted by molar-refractivity contribution is 5.78. The molecule has 2 unspecified atom stereocenters. The molecule has 1 heterocycles. The highest BCUT2D eigenvalue weighted by Crippen LogP contribution is 2.17. The first-order chi connectivity index (χ1) is 13.8. The van der Waals surface area contributed by atoms with E-state index >= 15 is 0 Å². The number of esters is 2. The summed E-state index contributed by atoms with van der Waals surface area (Å²) in [6.07, 6.45) is 0.340. The summed E-state index contributed by atoms with van der Waals surface area (Å²) >= 11 is 0. The van der Waals surface area contributed by atoms with Gasteiger partial charge in [0.2, 0.25) is 0 Å². The number of aliphatic carboxylic acids is 1. The van der Waals surface area contributed by atoms with Crippen LogP contribution in [0.1, 0.15) is 54.4 Å². The fourth-order valence-electron chi connectivity index (χ4n) is 1.91. The van der Waals surface area contributed by atoms with E-state index in [1.165, 1.54) is 0 Å². The summed E-state index contributed by atoms with van der Waals surface area (Å²) < 4.78 is 14.8. The van der Waals surface area contributed by atoms with Crippen LogP contribution in [0, 0.1) is 11.8 Å². The van der Waals surface area contributed by atoms with Gasteiger partial charge in [0.25, 0.3) is 6.47 Å². The lowest BCUT2D eigenvalue weighted by molar-refractivity contribution is -0.152. The van der Waals surface area contributed by atoms with Crippen LogP contribution in [0.25, 0.3) is 0 Å². The Balaban J connectivity index is 0. The van der Waals surface area contributed by atoms with Crippen molar-refractivity contribution >= 4 is 24.4 Å². The predicted molar refractivity (Wildman–Crippen MR) is 109 cm³/mol. The lowest BCUT2D eigenvalue weighted by atomic mass is 9.99. The van der Waals surface area contributed by atoms with Crippen LogP contribution in [0.3, 0.4) is 0 Å². The number of carboxylic acid groups (broad SMARTS) is 1. The van der Waals surface area contributed by atoms with Gasteiger partial charge in [-0.25, -0.2) is 0 Å². The van der Waals surface area contributed by atoms with Crippen LogP contribution in [-0.4, -0.2) is 72.6 Å². The molecule has 30 heavy (non-hydrogen) atoms. The Morgan fingerprint density at radius 1 is 1.30 bits per heavy atom. The van der Waals surface area contributed by atoms with Gasteiger partial charge in [0.1, 0.15) is 18.2 Å². The van der Waals surface area contributed by atoms with Crippen molar-refractivity contribution in [2.24, 2.45) is 11.8 Å². The molecule has 3 N–H and O–H groups in total. The Morgan fingerprint density at radius 3 is 2.17 bits per heavy atom. The Hall–Kier alpha value is -2.20. The Labute approximate surface area is 178 Å². The minimum absolute atomic E-state index is 0.0389. The third kappa shape index (κ3) is 15.7. The van der Waals surface area contributed by atoms with Crippen molar-refractivity contribution in [1.29, 1.82) is 0 Å². The van der Waals surface area contributed by atoms with Crippen LogP contribution >= 0.6 is 0 Å². The van der Waals surface area contributed by atoms with Crippen LogP contribution < -0.4 is 5.32 Å². The van der Waals surface area contributed by atoms with Crippen molar-refractivity contribution in [3.8, 4) is 0 Å². The number of nitrogens with one attached hydrogen (secondary N) is 1. The Morgan fingerprint density at radius 2 is 1.83 bits per heavy atom. The van der Waals surface area contributed by atoms with Gasteiger partial charge in [-0.2, -0.15) is 0 Å². The lowest BCUT2D eigenvalue weighted by Gasteiger charge is -2.17. The third-order valence-corrected chi connectivity index (χ3v) is 3.67. The highest BCUT2D eigenvalue weighted by atomic mass is 16.6. The summed E-state index contributed by atoms with van der Waals surface area (Å²) in [6, 6.07) is -0.630. The van der Waals surface area contributed by atoms with Crippen LogP contribution in [0.2, 0.25) is 0 Å². The maximum Gasteiger partial charge on any atom is 0.326 e. The zero-order valence-corrected chi connectivity index (χ0v) is 19.0. The van der Waals surface area contributed by atoms with Crippen LogP contribution in [0.4, 0.5) is 0 Å². The molecule has 176 valence electrons. The third-order valence-electron chi connectivity index (χ3n) is 3.67. The maximum atomic E-state index is 11.7. The standard InChI is InChI=1S/C11H19NO5.C5H10O2.C4H8O2/c1-7-5-8(3-4-13)10(14)16-6-9(12-2)11(15)17-7;1-5(2,3)7-4-6;1-3(2)4(5)6/h7-9,12-13H,3-6H2,1-2H3;4H,1-3H3;3H,1-2H3,(H,5,6)/t7?,8?,9-;;/m0../s1. The van der Waals surface area contributed by atoms with Crippen LogP contribution in [-0.2, 0) is 33.4 Å². The number of aliphatic hydroxyl groups is 1. The number of carbonyl (C=O) groups excluding carboxylic acids is 3. The van der Waals surface area contributed by atoms with Gasteiger partial charge >= 0.3 is 17.9 Å². The number of carboxylic acids is 1. The van der Waals surface area contributed by atoms with Gasteiger partial charge in [0.15, 0.2) is 0 Å². The van der Waals surface area contributed by atoms with Gasteiger partial charge in [-0.3, -0.25) is 19.2 Å². The molecule has 0 radical (unpaired) electrons. The summed E-state index contributed by atoms with van der Waals surface area (Å²) in [7, 11) is 1.60. The molecule has 0 spiro atoms. The fraction of sp³-hybridized carbons (Fsp3) is 0.800. The van der Waals surface area contributed by atoms with Crippen molar-refractivity contribution < 1.29 is 43.6 Å². The number of hydrogen-bond donors (Lipinski definition) is 3. The van der Waals surface area contributed by atoms with Gasteiger partial charge < -0.3 is 29.7 Å². The largest absolute Gasteiger partial charge is 0.481 e. The second-order valence-electron chi connectivity index (χ2n) is 7.98. The Kier molecular flexibility index (Phi) is 15.6. The average molecular weight is 436 g/mol. The molecule has 1 aliphatic rings. The average Bonchev–Trinajstić information content (AvgIpc) is 2.65. The summed E-state index contributed by atoms with van der Waals surface area (Å²) in [4.78, 5) is 42.6. The molecule has 1 rings (SSSR count). The number of aliphatic hydroxyl groups excluding tert-OH is 1. The second-order valence-corrected chi connectivity index (χ2v) is 7.98. The molecule has 10 heteroatoms. The minimum Gasteiger partial charge on any atom is -0.481 e. The predicted octanol–water partition coefficient (Wildman–Crippen LogP) is 1.14. The zero-order chi connectivity index (χ0) is 23.9. The molecular formula is C20H37NO9. The first-order valence-electron chi connectivity index (χ1n) is 9.78. The normalized spacial score (nSPS) is 21.8. The van der Waals surface area contributed by atoms with E-state index in [1.54, 1.807) is 27.8 Å². The second kappa shape index (κ2) is 15.6. The summed E-state index contributed by atoms with van der Waals surface area (Å²) in [5, 5.41) is 19.6. The van der Waals surface area contributed by atoms with E-state index in [4.69, 9.17) is 19.7 Å². The first-order valence-corrected chi connectivity index (χ1v) is 9.78. The van der Waals surface area contributed by atoms with Crippen molar-refractivity contribution in [2.75, 3.05) is 20.3 Å². The van der Waals surface area contributed by atoms with Crippen molar-refractivity contribution in [3.05, 3.63) is 0 Å². The van der Waals surface area contributed by atoms with Crippen LogP contribution in [0.5, 0.6) is 0 Å². The van der Waals surface area contributed by atoms with E-state index in [2.05, 4.69) is 10.1 Å². The molecule has 0 saturated carbocycles. The number of carbonyl (C=O) groups is 4. The molecular weight excluding hydrogens is 398 g/mol. The topological polar surface area (TPSA) is 148 Å². The molecule has 1 saturated heterocycles. The first kappa shape index (κ1) is 30.0. The molecule has 10 nitrogen and oxygen atoms in total. The number of likely N-dealkylation sites (N-methyl/N-ethyl adjacent to an activating group) is 1. The van der Waals surface area contributed by atoms with Crippen molar-refractivity contribution in [3.63, 3.8) is 0 Å². The molecule has 0 aromatic rings. The molecule has 1 aliphatic heterocycles. The fourth-order valence-corrected chi connectivity index (χ4v) is 1.91. The van der Waals surface area contributed by atoms with Crippen molar-refractivity contribution in [2.45, 2.75) is 72.1 Å². The van der Waals surface area contributed by atoms with E-state index in [-0.39, 0.29) is 36.8 Å². The molecule has 0 aromatic heterocycles. The van der Waals surface area contributed by atoms with E-state index in [9.17, 15) is 19.2 Å². The van der Waals surface area contributed by atoms with Gasteiger partial charge in [-0.15, -0.1) is 0 Å². The monoisotopic (exact) mass is 435 g/mol. The molecule has 0 aliphatic carbocycles.